The van der Waals surface area contributed by atoms with Gasteiger partial charge in [-0.2, -0.15) is 0 Å². The third-order valence-electron chi connectivity index (χ3n) is 3.99. The van der Waals surface area contributed by atoms with E-state index in [1.165, 1.54) is 19.3 Å². The molecule has 1 aromatic carbocycles. The standard InChI is InChI=1S/C14H18O3/c1-16-10-5-6-11-12(15)8-13(9-3-2-4-9)17-14(11)7-10/h5-7,9,12-13,15H,2-4,8H2,1H3/t12-,13?/m0/s1. The zero-order valence-corrected chi connectivity index (χ0v) is 10.1. The molecule has 3 rings (SSSR count). The lowest BCUT2D eigenvalue weighted by molar-refractivity contribution is 0.0104. The van der Waals surface area contributed by atoms with Crippen LogP contribution in [-0.4, -0.2) is 18.3 Å². The quantitative estimate of drug-likeness (QED) is 0.855. The number of hydrogen-bond acceptors (Lipinski definition) is 3. The second-order valence-corrected chi connectivity index (χ2v) is 5.00. The van der Waals surface area contributed by atoms with Crippen LogP contribution < -0.4 is 9.47 Å². The molecule has 1 heterocycles. The third kappa shape index (κ3) is 1.89. The van der Waals surface area contributed by atoms with Gasteiger partial charge in [-0.05, 0) is 30.9 Å². The van der Waals surface area contributed by atoms with E-state index in [1.807, 2.05) is 18.2 Å². The second-order valence-electron chi connectivity index (χ2n) is 5.00. The van der Waals surface area contributed by atoms with Crippen LogP contribution in [0.5, 0.6) is 11.5 Å². The number of aliphatic hydroxyl groups excluding tert-OH is 1. The minimum absolute atomic E-state index is 0.179. The lowest BCUT2D eigenvalue weighted by Gasteiger charge is -2.38. The summed E-state index contributed by atoms with van der Waals surface area (Å²) in [5.74, 6) is 2.20. The van der Waals surface area contributed by atoms with E-state index >= 15 is 0 Å². The van der Waals surface area contributed by atoms with Crippen LogP contribution in [0.1, 0.15) is 37.4 Å². The number of methoxy groups -OCH3 is 1. The van der Waals surface area contributed by atoms with Crippen molar-refractivity contribution in [3.63, 3.8) is 0 Å². The monoisotopic (exact) mass is 234 g/mol. The molecule has 92 valence electrons. The number of fused-ring (bicyclic) bond motifs is 1. The molecule has 0 spiro atoms. The van der Waals surface area contributed by atoms with E-state index in [-0.39, 0.29) is 6.10 Å². The van der Waals surface area contributed by atoms with Crippen LogP contribution in [0.4, 0.5) is 0 Å². The molecule has 0 saturated heterocycles. The minimum atomic E-state index is -0.393. The van der Waals surface area contributed by atoms with Crippen LogP contribution in [0.15, 0.2) is 18.2 Å². The summed E-state index contributed by atoms with van der Waals surface area (Å²) < 4.78 is 11.2. The van der Waals surface area contributed by atoms with Gasteiger partial charge < -0.3 is 14.6 Å². The zero-order valence-electron chi connectivity index (χ0n) is 10.1. The van der Waals surface area contributed by atoms with Crippen molar-refractivity contribution in [1.82, 2.24) is 0 Å². The topological polar surface area (TPSA) is 38.7 Å². The summed E-state index contributed by atoms with van der Waals surface area (Å²) in [6.45, 7) is 0. The maximum atomic E-state index is 10.1. The number of aliphatic hydroxyl groups is 1. The van der Waals surface area contributed by atoms with Crippen molar-refractivity contribution in [2.45, 2.75) is 37.9 Å². The number of rotatable bonds is 2. The number of benzene rings is 1. The number of ether oxygens (including phenoxy) is 2. The van der Waals surface area contributed by atoms with Crippen molar-refractivity contribution in [1.29, 1.82) is 0 Å². The molecule has 1 aromatic rings. The van der Waals surface area contributed by atoms with E-state index in [2.05, 4.69) is 0 Å². The minimum Gasteiger partial charge on any atom is -0.497 e. The molecular weight excluding hydrogens is 216 g/mol. The predicted octanol–water partition coefficient (Wildman–Crippen LogP) is 2.68. The van der Waals surface area contributed by atoms with E-state index in [1.54, 1.807) is 7.11 Å². The van der Waals surface area contributed by atoms with Gasteiger partial charge in [0.2, 0.25) is 0 Å². The Bertz CT molecular complexity index is 412. The normalized spacial score (nSPS) is 27.9. The van der Waals surface area contributed by atoms with Crippen LogP contribution in [0.2, 0.25) is 0 Å². The molecule has 0 bridgehead atoms. The van der Waals surface area contributed by atoms with Crippen LogP contribution in [0.25, 0.3) is 0 Å². The highest BCUT2D eigenvalue weighted by atomic mass is 16.5. The van der Waals surface area contributed by atoms with Crippen molar-refractivity contribution in [3.8, 4) is 11.5 Å². The third-order valence-corrected chi connectivity index (χ3v) is 3.99. The van der Waals surface area contributed by atoms with Gasteiger partial charge in [-0.3, -0.25) is 0 Å². The highest BCUT2D eigenvalue weighted by molar-refractivity contribution is 5.43. The summed E-state index contributed by atoms with van der Waals surface area (Å²) in [7, 11) is 1.64. The van der Waals surface area contributed by atoms with Crippen molar-refractivity contribution in [2.24, 2.45) is 5.92 Å². The van der Waals surface area contributed by atoms with E-state index in [0.29, 0.717) is 5.92 Å². The fraction of sp³-hybridized carbons (Fsp3) is 0.571. The highest BCUT2D eigenvalue weighted by Crippen LogP contribution is 2.42. The molecule has 1 aliphatic carbocycles. The van der Waals surface area contributed by atoms with Crippen molar-refractivity contribution >= 4 is 0 Å². The fourth-order valence-electron chi connectivity index (χ4n) is 2.68. The van der Waals surface area contributed by atoms with Crippen molar-refractivity contribution in [2.75, 3.05) is 7.11 Å². The molecule has 3 nitrogen and oxygen atoms in total. The molecule has 1 N–H and O–H groups in total. The Labute approximate surface area is 101 Å². The average molecular weight is 234 g/mol. The first-order valence-electron chi connectivity index (χ1n) is 6.30. The summed E-state index contributed by atoms with van der Waals surface area (Å²) in [4.78, 5) is 0. The Morgan fingerprint density at radius 2 is 2.18 bits per heavy atom. The maximum absolute atomic E-state index is 10.1. The van der Waals surface area contributed by atoms with E-state index < -0.39 is 6.10 Å². The first-order chi connectivity index (χ1) is 8.28. The Balaban J connectivity index is 1.86. The number of hydrogen-bond donors (Lipinski definition) is 1. The Morgan fingerprint density at radius 3 is 2.82 bits per heavy atom. The predicted molar refractivity (Wildman–Crippen MR) is 64.3 cm³/mol. The molecule has 0 aromatic heterocycles. The highest BCUT2D eigenvalue weighted by Gasteiger charge is 2.35. The van der Waals surface area contributed by atoms with Crippen molar-refractivity contribution < 1.29 is 14.6 Å². The van der Waals surface area contributed by atoms with Gasteiger partial charge in [0.25, 0.3) is 0 Å². The van der Waals surface area contributed by atoms with Gasteiger partial charge in [0.1, 0.15) is 17.6 Å². The van der Waals surface area contributed by atoms with E-state index in [0.717, 1.165) is 23.5 Å². The largest absolute Gasteiger partial charge is 0.497 e. The van der Waals surface area contributed by atoms with E-state index in [9.17, 15) is 5.11 Å². The summed E-state index contributed by atoms with van der Waals surface area (Å²) in [5.41, 5.74) is 0.890. The van der Waals surface area contributed by atoms with Crippen molar-refractivity contribution in [3.05, 3.63) is 23.8 Å². The van der Waals surface area contributed by atoms with Gasteiger partial charge in [0.15, 0.2) is 0 Å². The molecule has 2 aliphatic rings. The summed E-state index contributed by atoms with van der Waals surface area (Å²) in [6.07, 6.45) is 4.27. The van der Waals surface area contributed by atoms with Crippen LogP contribution in [0, 0.1) is 5.92 Å². The molecule has 2 atom stereocenters. The fourth-order valence-corrected chi connectivity index (χ4v) is 2.68. The van der Waals surface area contributed by atoms with Crippen LogP contribution in [0.3, 0.4) is 0 Å². The first-order valence-corrected chi connectivity index (χ1v) is 6.30. The van der Waals surface area contributed by atoms with Gasteiger partial charge in [-0.1, -0.05) is 6.42 Å². The lowest BCUT2D eigenvalue weighted by Crippen LogP contribution is -2.36. The maximum Gasteiger partial charge on any atom is 0.129 e. The summed E-state index contributed by atoms with van der Waals surface area (Å²) in [5, 5.41) is 10.1. The SMILES string of the molecule is COc1ccc2c(c1)OC(C1CCC1)C[C@@H]2O. The molecule has 3 heteroatoms. The molecule has 1 fully saturated rings. The molecule has 1 saturated carbocycles. The molecule has 1 aliphatic heterocycles. The molecular formula is C14H18O3. The van der Waals surface area contributed by atoms with Gasteiger partial charge in [0, 0.05) is 18.1 Å². The molecule has 0 amide bonds. The molecule has 17 heavy (non-hydrogen) atoms. The van der Waals surface area contributed by atoms with Gasteiger partial charge in [-0.25, -0.2) is 0 Å². The summed E-state index contributed by atoms with van der Waals surface area (Å²) >= 11 is 0. The van der Waals surface area contributed by atoms with Crippen LogP contribution >= 0.6 is 0 Å². The summed E-state index contributed by atoms with van der Waals surface area (Å²) in [6, 6.07) is 5.65. The van der Waals surface area contributed by atoms with Crippen LogP contribution in [-0.2, 0) is 0 Å². The Morgan fingerprint density at radius 1 is 1.35 bits per heavy atom. The Hall–Kier alpha value is -1.22. The van der Waals surface area contributed by atoms with Gasteiger partial charge >= 0.3 is 0 Å². The average Bonchev–Trinajstić information content (AvgIpc) is 2.26. The van der Waals surface area contributed by atoms with E-state index in [4.69, 9.17) is 9.47 Å². The zero-order chi connectivity index (χ0) is 11.8. The molecule has 1 unspecified atom stereocenters. The molecule has 0 radical (unpaired) electrons. The van der Waals surface area contributed by atoms with Gasteiger partial charge in [0.05, 0.1) is 13.2 Å². The van der Waals surface area contributed by atoms with Gasteiger partial charge in [-0.15, -0.1) is 0 Å². The smallest absolute Gasteiger partial charge is 0.129 e. The lowest BCUT2D eigenvalue weighted by atomic mass is 9.78. The second kappa shape index (κ2) is 4.22. The first kappa shape index (κ1) is 10.9. The Kier molecular flexibility index (Phi) is 2.71.